The second-order valence-corrected chi connectivity index (χ2v) is 6.47. The van der Waals surface area contributed by atoms with Crippen LogP contribution in [0.3, 0.4) is 0 Å². The second-order valence-electron chi connectivity index (χ2n) is 6.47. The predicted molar refractivity (Wildman–Crippen MR) is 84.0 cm³/mol. The average Bonchev–Trinajstić information content (AvgIpc) is 2.77. The van der Waals surface area contributed by atoms with Gasteiger partial charge in [-0.3, -0.25) is 9.69 Å². The number of hydrogen-bond donors (Lipinski definition) is 1. The standard InChI is InChI=1S/C17H26N2O2/c1-14(2)18-17(3)9-10-19(13-17)11-16(20)21-12-15-7-5-4-6-8-15/h4-8,14,18H,9-13H2,1-3H3/t17-/m0/s1. The van der Waals surface area contributed by atoms with Gasteiger partial charge >= 0.3 is 5.97 Å². The minimum atomic E-state index is -0.146. The summed E-state index contributed by atoms with van der Waals surface area (Å²) in [5.41, 5.74) is 1.13. The smallest absolute Gasteiger partial charge is 0.320 e. The maximum atomic E-state index is 11.9. The van der Waals surface area contributed by atoms with Gasteiger partial charge in [-0.05, 0) is 18.9 Å². The van der Waals surface area contributed by atoms with Crippen LogP contribution < -0.4 is 5.32 Å². The first-order valence-electron chi connectivity index (χ1n) is 7.66. The van der Waals surface area contributed by atoms with Crippen LogP contribution in [0, 0.1) is 0 Å². The monoisotopic (exact) mass is 290 g/mol. The number of hydrogen-bond acceptors (Lipinski definition) is 4. The minimum absolute atomic E-state index is 0.105. The normalized spacial score (nSPS) is 22.7. The third kappa shape index (κ3) is 5.14. The molecule has 2 rings (SSSR count). The van der Waals surface area contributed by atoms with E-state index in [1.54, 1.807) is 0 Å². The van der Waals surface area contributed by atoms with Crippen molar-refractivity contribution in [1.82, 2.24) is 10.2 Å². The molecule has 0 saturated carbocycles. The molecular weight excluding hydrogens is 264 g/mol. The van der Waals surface area contributed by atoms with Gasteiger partial charge in [-0.2, -0.15) is 0 Å². The highest BCUT2D eigenvalue weighted by Crippen LogP contribution is 2.21. The highest BCUT2D eigenvalue weighted by molar-refractivity contribution is 5.71. The van der Waals surface area contributed by atoms with E-state index in [1.165, 1.54) is 0 Å². The van der Waals surface area contributed by atoms with Crippen molar-refractivity contribution in [3.63, 3.8) is 0 Å². The number of nitrogens with zero attached hydrogens (tertiary/aromatic N) is 1. The van der Waals surface area contributed by atoms with Crippen LogP contribution in [0.15, 0.2) is 30.3 Å². The summed E-state index contributed by atoms with van der Waals surface area (Å²) in [7, 11) is 0. The van der Waals surface area contributed by atoms with Crippen molar-refractivity contribution in [3.8, 4) is 0 Å². The summed E-state index contributed by atoms with van der Waals surface area (Å²) in [5.74, 6) is -0.146. The lowest BCUT2D eigenvalue weighted by molar-refractivity contribution is -0.146. The Morgan fingerprint density at radius 1 is 1.38 bits per heavy atom. The largest absolute Gasteiger partial charge is 0.460 e. The lowest BCUT2D eigenvalue weighted by Crippen LogP contribution is -2.48. The van der Waals surface area contributed by atoms with Gasteiger partial charge in [0.05, 0.1) is 6.54 Å². The SMILES string of the molecule is CC(C)N[C@@]1(C)CCN(CC(=O)OCc2ccccc2)C1. The van der Waals surface area contributed by atoms with Crippen molar-refractivity contribution in [3.05, 3.63) is 35.9 Å². The first-order valence-corrected chi connectivity index (χ1v) is 7.66. The zero-order valence-electron chi connectivity index (χ0n) is 13.3. The van der Waals surface area contributed by atoms with Crippen molar-refractivity contribution >= 4 is 5.97 Å². The first-order chi connectivity index (χ1) is 9.97. The molecule has 0 radical (unpaired) electrons. The van der Waals surface area contributed by atoms with E-state index in [1.807, 2.05) is 30.3 Å². The average molecular weight is 290 g/mol. The van der Waals surface area contributed by atoms with Gasteiger partial charge in [0.2, 0.25) is 0 Å². The number of ether oxygens (including phenoxy) is 1. The Kier molecular flexibility index (Phi) is 5.37. The van der Waals surface area contributed by atoms with E-state index in [9.17, 15) is 4.79 Å². The van der Waals surface area contributed by atoms with Crippen molar-refractivity contribution in [2.24, 2.45) is 0 Å². The van der Waals surface area contributed by atoms with E-state index >= 15 is 0 Å². The van der Waals surface area contributed by atoms with Crippen LogP contribution in [0.2, 0.25) is 0 Å². The molecule has 0 aromatic heterocycles. The van der Waals surface area contributed by atoms with Gasteiger partial charge in [0.15, 0.2) is 0 Å². The lowest BCUT2D eigenvalue weighted by atomic mass is 10.0. The molecule has 0 aliphatic carbocycles. The van der Waals surface area contributed by atoms with E-state index in [2.05, 4.69) is 31.0 Å². The van der Waals surface area contributed by atoms with Crippen LogP contribution in [0.5, 0.6) is 0 Å². The molecule has 1 aromatic carbocycles. The van der Waals surface area contributed by atoms with Crippen LogP contribution >= 0.6 is 0 Å². The van der Waals surface area contributed by atoms with E-state index in [-0.39, 0.29) is 11.5 Å². The number of rotatable bonds is 6. The summed E-state index contributed by atoms with van der Waals surface area (Å²) < 4.78 is 5.34. The molecule has 1 saturated heterocycles. The first kappa shape index (κ1) is 16.0. The Labute approximate surface area is 127 Å². The van der Waals surface area contributed by atoms with Crippen LogP contribution in [0.4, 0.5) is 0 Å². The molecule has 1 aliphatic rings. The van der Waals surface area contributed by atoms with Crippen molar-refractivity contribution in [2.75, 3.05) is 19.6 Å². The fourth-order valence-electron chi connectivity index (χ4n) is 2.97. The Bertz CT molecular complexity index is 461. The maximum Gasteiger partial charge on any atom is 0.320 e. The number of esters is 1. The van der Waals surface area contributed by atoms with Crippen molar-refractivity contribution in [2.45, 2.75) is 45.4 Å². The van der Waals surface area contributed by atoms with Gasteiger partial charge in [0.1, 0.15) is 6.61 Å². The molecular formula is C17H26N2O2. The number of benzene rings is 1. The van der Waals surface area contributed by atoms with Crippen LogP contribution in [0.1, 0.15) is 32.8 Å². The minimum Gasteiger partial charge on any atom is -0.460 e. The maximum absolute atomic E-state index is 11.9. The molecule has 1 atom stereocenters. The summed E-state index contributed by atoms with van der Waals surface area (Å²) in [6, 6.07) is 10.2. The molecule has 0 bridgehead atoms. The highest BCUT2D eigenvalue weighted by Gasteiger charge is 2.34. The molecule has 4 nitrogen and oxygen atoms in total. The van der Waals surface area contributed by atoms with Crippen LogP contribution in [-0.2, 0) is 16.1 Å². The summed E-state index contributed by atoms with van der Waals surface area (Å²) in [6.45, 7) is 9.10. The predicted octanol–water partition coefficient (Wildman–Crippen LogP) is 2.19. The Balaban J connectivity index is 1.74. The quantitative estimate of drug-likeness (QED) is 0.816. The third-order valence-corrected chi connectivity index (χ3v) is 3.78. The Hall–Kier alpha value is -1.39. The third-order valence-electron chi connectivity index (χ3n) is 3.78. The molecule has 1 aliphatic heterocycles. The number of nitrogens with one attached hydrogen (secondary N) is 1. The fourth-order valence-corrected chi connectivity index (χ4v) is 2.97. The zero-order chi connectivity index (χ0) is 15.3. The van der Waals surface area contributed by atoms with Gasteiger partial charge in [0.25, 0.3) is 0 Å². The molecule has 21 heavy (non-hydrogen) atoms. The summed E-state index contributed by atoms with van der Waals surface area (Å²) in [5, 5.41) is 3.59. The molecule has 0 amide bonds. The molecule has 4 heteroatoms. The molecule has 1 heterocycles. The van der Waals surface area contributed by atoms with Gasteiger partial charge < -0.3 is 10.1 Å². The van der Waals surface area contributed by atoms with Gasteiger partial charge in [-0.1, -0.05) is 44.2 Å². The molecule has 0 spiro atoms. The summed E-state index contributed by atoms with van der Waals surface area (Å²) in [4.78, 5) is 14.1. The zero-order valence-corrected chi connectivity index (χ0v) is 13.3. The summed E-state index contributed by atoms with van der Waals surface area (Å²) in [6.07, 6.45) is 1.07. The van der Waals surface area contributed by atoms with Crippen LogP contribution in [0.25, 0.3) is 0 Å². The van der Waals surface area contributed by atoms with E-state index in [0.717, 1.165) is 25.1 Å². The van der Waals surface area contributed by atoms with Crippen LogP contribution in [-0.4, -0.2) is 42.1 Å². The number of carbonyl (C=O) groups excluding carboxylic acids is 1. The Morgan fingerprint density at radius 3 is 2.76 bits per heavy atom. The lowest BCUT2D eigenvalue weighted by Gasteiger charge is -2.28. The molecule has 1 N–H and O–H groups in total. The molecule has 116 valence electrons. The van der Waals surface area contributed by atoms with E-state index in [0.29, 0.717) is 19.2 Å². The van der Waals surface area contributed by atoms with Crippen molar-refractivity contribution in [1.29, 1.82) is 0 Å². The highest BCUT2D eigenvalue weighted by atomic mass is 16.5. The molecule has 1 fully saturated rings. The fraction of sp³-hybridized carbons (Fsp3) is 0.588. The molecule has 1 aromatic rings. The number of carbonyl (C=O) groups is 1. The van der Waals surface area contributed by atoms with E-state index < -0.39 is 0 Å². The van der Waals surface area contributed by atoms with E-state index in [4.69, 9.17) is 4.74 Å². The van der Waals surface area contributed by atoms with Gasteiger partial charge in [-0.25, -0.2) is 0 Å². The topological polar surface area (TPSA) is 41.6 Å². The van der Waals surface area contributed by atoms with Gasteiger partial charge in [0, 0.05) is 24.7 Å². The molecule has 0 unspecified atom stereocenters. The van der Waals surface area contributed by atoms with Crippen molar-refractivity contribution < 1.29 is 9.53 Å². The number of likely N-dealkylation sites (tertiary alicyclic amines) is 1. The summed E-state index contributed by atoms with van der Waals surface area (Å²) >= 11 is 0. The Morgan fingerprint density at radius 2 is 2.10 bits per heavy atom. The van der Waals surface area contributed by atoms with Gasteiger partial charge in [-0.15, -0.1) is 0 Å². The second kappa shape index (κ2) is 7.05.